The molecule has 0 saturated heterocycles. The third-order valence-corrected chi connectivity index (χ3v) is 3.01. The Kier molecular flexibility index (Phi) is 5.96. The number of alkyl halides is 1. The number of rotatable bonds is 6. The van der Waals surface area contributed by atoms with E-state index < -0.39 is 0 Å². The molecule has 0 heterocycles. The first-order chi connectivity index (χ1) is 8.95. The molecule has 0 aliphatic carbocycles. The molecule has 4 nitrogen and oxygen atoms in total. The Morgan fingerprint density at radius 2 is 2.16 bits per heavy atom. The van der Waals surface area contributed by atoms with Gasteiger partial charge in [0.2, 0.25) is 0 Å². The van der Waals surface area contributed by atoms with E-state index in [0.717, 1.165) is 6.42 Å². The van der Waals surface area contributed by atoms with Crippen molar-refractivity contribution in [2.45, 2.75) is 25.6 Å². The molecule has 1 unspecified atom stereocenters. The summed E-state index contributed by atoms with van der Waals surface area (Å²) in [5, 5.41) is 12.4. The van der Waals surface area contributed by atoms with Gasteiger partial charge in [0, 0.05) is 6.54 Å². The van der Waals surface area contributed by atoms with E-state index in [-0.39, 0.29) is 28.3 Å². The summed E-state index contributed by atoms with van der Waals surface area (Å²) in [5.41, 5.74) is 0.188. The SMILES string of the molecule is COc1cccc(C(=O)NCC(Cl)CC(C)C)c1O. The predicted molar refractivity (Wildman–Crippen MR) is 76.1 cm³/mol. The second-order valence-corrected chi connectivity index (χ2v) is 5.41. The van der Waals surface area contributed by atoms with Crippen LogP contribution in [0.1, 0.15) is 30.6 Å². The zero-order chi connectivity index (χ0) is 14.4. The Bertz CT molecular complexity index is 435. The number of phenols is 1. The lowest BCUT2D eigenvalue weighted by molar-refractivity contribution is 0.0949. The average Bonchev–Trinajstić information content (AvgIpc) is 2.35. The van der Waals surface area contributed by atoms with Gasteiger partial charge in [-0.2, -0.15) is 0 Å². The first kappa shape index (κ1) is 15.6. The summed E-state index contributed by atoms with van der Waals surface area (Å²) in [7, 11) is 1.44. The number of aromatic hydroxyl groups is 1. The molecular weight excluding hydrogens is 266 g/mol. The summed E-state index contributed by atoms with van der Waals surface area (Å²) < 4.78 is 4.96. The van der Waals surface area contributed by atoms with Crippen LogP contribution in [0.25, 0.3) is 0 Å². The summed E-state index contributed by atoms with van der Waals surface area (Å²) in [5.74, 6) is 0.241. The van der Waals surface area contributed by atoms with Gasteiger partial charge in [-0.05, 0) is 24.5 Å². The number of carbonyl (C=O) groups excluding carboxylic acids is 1. The molecule has 1 amide bonds. The molecule has 0 bridgehead atoms. The van der Waals surface area contributed by atoms with Gasteiger partial charge in [-0.3, -0.25) is 4.79 Å². The minimum Gasteiger partial charge on any atom is -0.504 e. The number of carbonyl (C=O) groups is 1. The Morgan fingerprint density at radius 3 is 2.74 bits per heavy atom. The molecule has 1 rings (SSSR count). The van der Waals surface area contributed by atoms with Crippen LogP contribution in [0.4, 0.5) is 0 Å². The monoisotopic (exact) mass is 285 g/mol. The van der Waals surface area contributed by atoms with E-state index in [4.69, 9.17) is 16.3 Å². The van der Waals surface area contributed by atoms with Gasteiger partial charge in [0.05, 0.1) is 18.1 Å². The van der Waals surface area contributed by atoms with Crippen LogP contribution in [0.15, 0.2) is 18.2 Å². The highest BCUT2D eigenvalue weighted by Crippen LogP contribution is 2.29. The molecule has 5 heteroatoms. The number of phenolic OH excluding ortho intramolecular Hbond substituents is 1. The number of ether oxygens (including phenoxy) is 1. The van der Waals surface area contributed by atoms with Gasteiger partial charge in [0.15, 0.2) is 11.5 Å². The first-order valence-electron chi connectivity index (χ1n) is 6.24. The molecule has 2 N–H and O–H groups in total. The maximum atomic E-state index is 11.9. The second-order valence-electron chi connectivity index (χ2n) is 4.79. The number of para-hydroxylation sites is 1. The fourth-order valence-corrected chi connectivity index (χ4v) is 2.20. The van der Waals surface area contributed by atoms with Gasteiger partial charge in [0.25, 0.3) is 5.91 Å². The minimum absolute atomic E-state index is 0.114. The minimum atomic E-state index is -0.356. The molecule has 1 aromatic carbocycles. The van der Waals surface area contributed by atoms with E-state index in [1.165, 1.54) is 7.11 Å². The molecule has 19 heavy (non-hydrogen) atoms. The zero-order valence-electron chi connectivity index (χ0n) is 11.4. The van der Waals surface area contributed by atoms with E-state index in [2.05, 4.69) is 19.2 Å². The zero-order valence-corrected chi connectivity index (χ0v) is 12.2. The number of amides is 1. The van der Waals surface area contributed by atoms with E-state index in [1.54, 1.807) is 18.2 Å². The van der Waals surface area contributed by atoms with Crippen molar-refractivity contribution < 1.29 is 14.6 Å². The lowest BCUT2D eigenvalue weighted by atomic mass is 10.1. The number of halogens is 1. The molecular formula is C14H20ClNO3. The summed E-state index contributed by atoms with van der Waals surface area (Å²) in [6, 6.07) is 4.79. The summed E-state index contributed by atoms with van der Waals surface area (Å²) >= 11 is 6.10. The maximum Gasteiger partial charge on any atom is 0.255 e. The van der Waals surface area contributed by atoms with Gasteiger partial charge < -0.3 is 15.2 Å². The number of nitrogens with one attached hydrogen (secondary N) is 1. The first-order valence-corrected chi connectivity index (χ1v) is 6.67. The molecule has 0 aliphatic heterocycles. The van der Waals surface area contributed by atoms with Crippen LogP contribution in [-0.2, 0) is 0 Å². The molecule has 0 aromatic heterocycles. The van der Waals surface area contributed by atoms with E-state index in [1.807, 2.05) is 0 Å². The van der Waals surface area contributed by atoms with E-state index in [9.17, 15) is 9.90 Å². The average molecular weight is 286 g/mol. The highest BCUT2D eigenvalue weighted by molar-refractivity contribution is 6.21. The molecule has 0 fully saturated rings. The van der Waals surface area contributed by atoms with Gasteiger partial charge >= 0.3 is 0 Å². The maximum absolute atomic E-state index is 11.9. The highest BCUT2D eigenvalue weighted by Gasteiger charge is 2.16. The van der Waals surface area contributed by atoms with Crippen LogP contribution in [0.2, 0.25) is 0 Å². The Hall–Kier alpha value is -1.42. The third-order valence-electron chi connectivity index (χ3n) is 2.67. The highest BCUT2D eigenvalue weighted by atomic mass is 35.5. The molecule has 0 radical (unpaired) electrons. The van der Waals surface area contributed by atoms with Crippen molar-refractivity contribution in [2.75, 3.05) is 13.7 Å². The van der Waals surface area contributed by atoms with Gasteiger partial charge in [-0.15, -0.1) is 11.6 Å². The van der Waals surface area contributed by atoms with Crippen molar-refractivity contribution in [3.8, 4) is 11.5 Å². The number of hydrogen-bond donors (Lipinski definition) is 2. The van der Waals surface area contributed by atoms with Crippen LogP contribution < -0.4 is 10.1 Å². The van der Waals surface area contributed by atoms with Crippen LogP contribution >= 0.6 is 11.6 Å². The summed E-state index contributed by atoms with van der Waals surface area (Å²) in [6.45, 7) is 4.52. The fourth-order valence-electron chi connectivity index (χ4n) is 1.76. The van der Waals surface area contributed by atoms with Crippen molar-refractivity contribution in [3.05, 3.63) is 23.8 Å². The van der Waals surface area contributed by atoms with Crippen molar-refractivity contribution in [1.29, 1.82) is 0 Å². The van der Waals surface area contributed by atoms with Crippen LogP contribution in [0, 0.1) is 5.92 Å². The van der Waals surface area contributed by atoms with Gasteiger partial charge in [0.1, 0.15) is 0 Å². The van der Waals surface area contributed by atoms with Crippen molar-refractivity contribution in [1.82, 2.24) is 5.32 Å². The number of hydrogen-bond acceptors (Lipinski definition) is 3. The lowest BCUT2D eigenvalue weighted by Crippen LogP contribution is -2.30. The van der Waals surface area contributed by atoms with Gasteiger partial charge in [-0.1, -0.05) is 19.9 Å². The topological polar surface area (TPSA) is 58.6 Å². The standard InChI is InChI=1S/C14H20ClNO3/c1-9(2)7-10(15)8-16-14(18)11-5-4-6-12(19-3)13(11)17/h4-6,9-10,17H,7-8H2,1-3H3,(H,16,18). The Balaban J connectivity index is 2.64. The van der Waals surface area contributed by atoms with Crippen LogP contribution in [0.5, 0.6) is 11.5 Å². The van der Waals surface area contributed by atoms with Crippen LogP contribution in [-0.4, -0.2) is 30.0 Å². The van der Waals surface area contributed by atoms with Crippen molar-refractivity contribution in [3.63, 3.8) is 0 Å². The second kappa shape index (κ2) is 7.24. The number of methoxy groups -OCH3 is 1. The molecule has 106 valence electrons. The lowest BCUT2D eigenvalue weighted by Gasteiger charge is -2.14. The largest absolute Gasteiger partial charge is 0.504 e. The molecule has 1 aromatic rings. The van der Waals surface area contributed by atoms with E-state index >= 15 is 0 Å². The predicted octanol–water partition coefficient (Wildman–Crippen LogP) is 2.78. The summed E-state index contributed by atoms with van der Waals surface area (Å²) in [6.07, 6.45) is 0.825. The molecule has 0 saturated carbocycles. The molecule has 0 spiro atoms. The Labute approximate surface area is 118 Å². The van der Waals surface area contributed by atoms with E-state index in [0.29, 0.717) is 12.5 Å². The number of benzene rings is 1. The molecule has 0 aliphatic rings. The quantitative estimate of drug-likeness (QED) is 0.790. The van der Waals surface area contributed by atoms with Crippen molar-refractivity contribution >= 4 is 17.5 Å². The van der Waals surface area contributed by atoms with Gasteiger partial charge in [-0.25, -0.2) is 0 Å². The normalized spacial score (nSPS) is 12.3. The van der Waals surface area contributed by atoms with Crippen LogP contribution in [0.3, 0.4) is 0 Å². The summed E-state index contributed by atoms with van der Waals surface area (Å²) in [4.78, 5) is 11.9. The van der Waals surface area contributed by atoms with Crippen molar-refractivity contribution in [2.24, 2.45) is 5.92 Å². The molecule has 1 atom stereocenters. The third kappa shape index (κ3) is 4.63. The smallest absolute Gasteiger partial charge is 0.255 e. The fraction of sp³-hybridized carbons (Fsp3) is 0.500. The Morgan fingerprint density at radius 1 is 1.47 bits per heavy atom.